The number of aryl methyl sites for hydroxylation is 1. The van der Waals surface area contributed by atoms with Crippen LogP contribution in [0.2, 0.25) is 0 Å². The van der Waals surface area contributed by atoms with E-state index in [1.54, 1.807) is 0 Å². The van der Waals surface area contributed by atoms with Gasteiger partial charge in [-0.2, -0.15) is 0 Å². The fraction of sp³-hybridized carbons (Fsp3) is 0.538. The van der Waals surface area contributed by atoms with E-state index in [9.17, 15) is 0 Å². The molecule has 2 rings (SSSR count). The van der Waals surface area contributed by atoms with Crippen molar-refractivity contribution in [2.24, 2.45) is 0 Å². The van der Waals surface area contributed by atoms with Gasteiger partial charge in [-0.25, -0.2) is 0 Å². The summed E-state index contributed by atoms with van der Waals surface area (Å²) in [4.78, 5) is 0. The summed E-state index contributed by atoms with van der Waals surface area (Å²) in [5.74, 6) is 1.74. The van der Waals surface area contributed by atoms with E-state index in [-0.39, 0.29) is 0 Å². The van der Waals surface area contributed by atoms with Crippen molar-refractivity contribution in [2.45, 2.75) is 33.4 Å². The number of nitrogens with one attached hydrogen (secondary N) is 1. The number of ether oxygens (including phenoxy) is 2. The first-order chi connectivity index (χ1) is 7.66. The van der Waals surface area contributed by atoms with Crippen LogP contribution in [0.5, 0.6) is 11.5 Å². The third-order valence-electron chi connectivity index (χ3n) is 2.70. The van der Waals surface area contributed by atoms with E-state index in [0.29, 0.717) is 19.3 Å². The molecule has 0 amide bonds. The van der Waals surface area contributed by atoms with Gasteiger partial charge in [0.25, 0.3) is 0 Å². The predicted molar refractivity (Wildman–Crippen MR) is 64.1 cm³/mol. The molecule has 1 aliphatic heterocycles. The third kappa shape index (κ3) is 2.47. The van der Waals surface area contributed by atoms with E-state index >= 15 is 0 Å². The average Bonchev–Trinajstić information content (AvgIpc) is 2.26. The Bertz CT molecular complexity index is 374. The molecule has 0 atom stereocenters. The van der Waals surface area contributed by atoms with Crippen LogP contribution in [0.3, 0.4) is 0 Å². The van der Waals surface area contributed by atoms with Gasteiger partial charge < -0.3 is 14.8 Å². The van der Waals surface area contributed by atoms with Gasteiger partial charge in [-0.15, -0.1) is 0 Å². The number of hydrogen-bond acceptors (Lipinski definition) is 3. The molecule has 88 valence electrons. The first kappa shape index (κ1) is 11.3. The fourth-order valence-electron chi connectivity index (χ4n) is 1.74. The maximum Gasteiger partial charge on any atom is 0.161 e. The highest BCUT2D eigenvalue weighted by Crippen LogP contribution is 2.32. The van der Waals surface area contributed by atoms with Crippen LogP contribution in [0.4, 0.5) is 0 Å². The van der Waals surface area contributed by atoms with Crippen molar-refractivity contribution in [2.75, 3.05) is 13.2 Å². The summed E-state index contributed by atoms with van der Waals surface area (Å²) in [6, 6.07) is 4.64. The quantitative estimate of drug-likeness (QED) is 0.849. The second kappa shape index (κ2) is 4.74. The van der Waals surface area contributed by atoms with E-state index in [2.05, 4.69) is 38.2 Å². The molecule has 1 aliphatic rings. The van der Waals surface area contributed by atoms with E-state index < -0.39 is 0 Å². The Morgan fingerprint density at radius 1 is 1.19 bits per heavy atom. The van der Waals surface area contributed by atoms with Gasteiger partial charge in [-0.05, 0) is 30.2 Å². The number of hydrogen-bond donors (Lipinski definition) is 1. The van der Waals surface area contributed by atoms with Crippen molar-refractivity contribution in [3.8, 4) is 11.5 Å². The first-order valence-corrected chi connectivity index (χ1v) is 5.79. The first-order valence-electron chi connectivity index (χ1n) is 5.79. The second-order valence-electron chi connectivity index (χ2n) is 4.46. The van der Waals surface area contributed by atoms with E-state index in [1.165, 1.54) is 11.1 Å². The molecule has 1 heterocycles. The molecule has 0 bridgehead atoms. The van der Waals surface area contributed by atoms with Crippen molar-refractivity contribution in [3.63, 3.8) is 0 Å². The van der Waals surface area contributed by atoms with Gasteiger partial charge in [-0.3, -0.25) is 0 Å². The fourth-order valence-corrected chi connectivity index (χ4v) is 1.74. The molecule has 0 unspecified atom stereocenters. The Morgan fingerprint density at radius 3 is 2.44 bits per heavy atom. The van der Waals surface area contributed by atoms with Crippen LogP contribution in [-0.4, -0.2) is 19.3 Å². The highest BCUT2D eigenvalue weighted by Gasteiger charge is 2.13. The smallest absolute Gasteiger partial charge is 0.161 e. The standard InChI is InChI=1S/C13H19NO2/c1-9(2)14-8-11-7-13-12(6-10(11)3)15-4-5-16-13/h6-7,9,14H,4-5,8H2,1-3H3. The number of benzene rings is 1. The van der Waals surface area contributed by atoms with E-state index in [0.717, 1.165) is 18.0 Å². The molecule has 0 saturated heterocycles. The van der Waals surface area contributed by atoms with E-state index in [4.69, 9.17) is 9.47 Å². The Labute approximate surface area is 96.8 Å². The summed E-state index contributed by atoms with van der Waals surface area (Å²) in [6.07, 6.45) is 0. The van der Waals surface area contributed by atoms with Crippen LogP contribution in [0.25, 0.3) is 0 Å². The van der Waals surface area contributed by atoms with Gasteiger partial charge in [0.1, 0.15) is 13.2 Å². The molecule has 0 spiro atoms. The predicted octanol–water partition coefficient (Wildman–Crippen LogP) is 2.26. The highest BCUT2D eigenvalue weighted by atomic mass is 16.6. The van der Waals surface area contributed by atoms with Crippen LogP contribution in [0, 0.1) is 6.92 Å². The summed E-state index contributed by atoms with van der Waals surface area (Å²) in [5.41, 5.74) is 2.52. The Kier molecular flexibility index (Phi) is 3.34. The molecular formula is C13H19NO2. The zero-order valence-corrected chi connectivity index (χ0v) is 10.2. The van der Waals surface area contributed by atoms with Crippen molar-refractivity contribution in [1.29, 1.82) is 0 Å². The van der Waals surface area contributed by atoms with Crippen molar-refractivity contribution in [3.05, 3.63) is 23.3 Å². The van der Waals surface area contributed by atoms with Gasteiger partial charge in [0, 0.05) is 12.6 Å². The lowest BCUT2D eigenvalue weighted by Crippen LogP contribution is -2.23. The lowest BCUT2D eigenvalue weighted by molar-refractivity contribution is 0.171. The molecule has 0 fully saturated rings. The van der Waals surface area contributed by atoms with Crippen molar-refractivity contribution < 1.29 is 9.47 Å². The summed E-state index contributed by atoms with van der Waals surface area (Å²) < 4.78 is 11.1. The minimum Gasteiger partial charge on any atom is -0.486 e. The maximum atomic E-state index is 5.57. The minimum atomic E-state index is 0.493. The molecule has 3 heteroatoms. The van der Waals surface area contributed by atoms with Gasteiger partial charge >= 0.3 is 0 Å². The average molecular weight is 221 g/mol. The lowest BCUT2D eigenvalue weighted by Gasteiger charge is -2.20. The summed E-state index contributed by atoms with van der Waals surface area (Å²) >= 11 is 0. The zero-order chi connectivity index (χ0) is 11.5. The highest BCUT2D eigenvalue weighted by molar-refractivity contribution is 5.47. The molecule has 1 N–H and O–H groups in total. The van der Waals surface area contributed by atoms with E-state index in [1.807, 2.05) is 0 Å². The molecule has 0 aromatic heterocycles. The van der Waals surface area contributed by atoms with Gasteiger partial charge in [0.05, 0.1) is 0 Å². The maximum absolute atomic E-state index is 5.57. The molecule has 3 nitrogen and oxygen atoms in total. The monoisotopic (exact) mass is 221 g/mol. The topological polar surface area (TPSA) is 30.5 Å². The number of fused-ring (bicyclic) bond motifs is 1. The van der Waals surface area contributed by atoms with Crippen LogP contribution in [0.15, 0.2) is 12.1 Å². The summed E-state index contributed by atoms with van der Waals surface area (Å²) in [5, 5.41) is 3.41. The third-order valence-corrected chi connectivity index (χ3v) is 2.70. The van der Waals surface area contributed by atoms with Crippen LogP contribution >= 0.6 is 0 Å². The second-order valence-corrected chi connectivity index (χ2v) is 4.46. The summed E-state index contributed by atoms with van der Waals surface area (Å²) in [7, 11) is 0. The molecule has 1 aromatic rings. The van der Waals surface area contributed by atoms with Crippen LogP contribution in [-0.2, 0) is 6.54 Å². The SMILES string of the molecule is Cc1cc2c(cc1CNC(C)C)OCCO2. The minimum absolute atomic E-state index is 0.493. The summed E-state index contributed by atoms with van der Waals surface area (Å²) in [6.45, 7) is 8.57. The lowest BCUT2D eigenvalue weighted by atomic mass is 10.1. The molecule has 1 aromatic carbocycles. The molecular weight excluding hydrogens is 202 g/mol. The Balaban J connectivity index is 2.18. The molecule has 16 heavy (non-hydrogen) atoms. The Hall–Kier alpha value is -1.22. The normalized spacial score (nSPS) is 14.2. The molecule has 0 radical (unpaired) electrons. The van der Waals surface area contributed by atoms with Crippen molar-refractivity contribution in [1.82, 2.24) is 5.32 Å². The zero-order valence-electron chi connectivity index (χ0n) is 10.2. The molecule has 0 saturated carbocycles. The van der Waals surface area contributed by atoms with Gasteiger partial charge in [-0.1, -0.05) is 13.8 Å². The Morgan fingerprint density at radius 2 is 1.81 bits per heavy atom. The van der Waals surface area contributed by atoms with Crippen molar-refractivity contribution >= 4 is 0 Å². The largest absolute Gasteiger partial charge is 0.486 e. The van der Waals surface area contributed by atoms with Gasteiger partial charge in [0.15, 0.2) is 11.5 Å². The van der Waals surface area contributed by atoms with Crippen LogP contribution < -0.4 is 14.8 Å². The van der Waals surface area contributed by atoms with Crippen LogP contribution in [0.1, 0.15) is 25.0 Å². The molecule has 0 aliphatic carbocycles. The number of rotatable bonds is 3. The van der Waals surface area contributed by atoms with Gasteiger partial charge in [0.2, 0.25) is 0 Å².